The molecule has 11 nitrogen and oxygen atoms in total. The number of primary amides is 1. The van der Waals surface area contributed by atoms with Crippen molar-refractivity contribution >= 4 is 38.1 Å². The van der Waals surface area contributed by atoms with Gasteiger partial charge in [0.2, 0.25) is 11.0 Å². The van der Waals surface area contributed by atoms with E-state index in [4.69, 9.17) is 24.7 Å². The van der Waals surface area contributed by atoms with E-state index < -0.39 is 21.7 Å². The number of methoxy groups -OCH3 is 1. The lowest BCUT2D eigenvalue weighted by Crippen LogP contribution is -2.12. The molecule has 4 rings (SSSR count). The summed E-state index contributed by atoms with van der Waals surface area (Å²) in [5, 5.41) is 3.37. The van der Waals surface area contributed by atoms with E-state index in [-0.39, 0.29) is 22.2 Å². The lowest BCUT2D eigenvalue weighted by atomic mass is 10.2. The highest BCUT2D eigenvalue weighted by Crippen LogP contribution is 2.32. The first-order valence-corrected chi connectivity index (χ1v) is 14.4. The number of amides is 2. The first-order valence-electron chi connectivity index (χ1n) is 11.7. The van der Waals surface area contributed by atoms with E-state index in [0.717, 1.165) is 17.6 Å². The first kappa shape index (κ1) is 28.5. The minimum absolute atomic E-state index is 0.156. The molecule has 0 bridgehead atoms. The zero-order valence-corrected chi connectivity index (χ0v) is 23.1. The van der Waals surface area contributed by atoms with Crippen LogP contribution in [0, 0.1) is 0 Å². The molecule has 0 aliphatic carbocycles. The Morgan fingerprint density at radius 2 is 1.62 bits per heavy atom. The number of aromatic nitrogens is 1. The van der Waals surface area contributed by atoms with E-state index in [1.54, 1.807) is 37.4 Å². The van der Waals surface area contributed by atoms with Gasteiger partial charge in [-0.25, -0.2) is 13.4 Å². The van der Waals surface area contributed by atoms with Crippen molar-refractivity contribution in [2.45, 2.75) is 4.90 Å². The van der Waals surface area contributed by atoms with Gasteiger partial charge >= 0.3 is 0 Å². The van der Waals surface area contributed by atoms with E-state index in [2.05, 4.69) is 10.3 Å². The highest BCUT2D eigenvalue weighted by Gasteiger charge is 2.15. The molecule has 13 heteroatoms. The number of rotatable bonds is 12. The van der Waals surface area contributed by atoms with Gasteiger partial charge in [0.1, 0.15) is 29.6 Å². The average Bonchev–Trinajstić information content (AvgIpc) is 3.35. The Balaban J connectivity index is 1.50. The molecule has 0 radical (unpaired) electrons. The topological polar surface area (TPSA) is 156 Å². The summed E-state index contributed by atoms with van der Waals surface area (Å²) < 4.78 is 45.8. The van der Waals surface area contributed by atoms with E-state index in [1.807, 2.05) is 0 Å². The Bertz CT molecular complexity index is 1620. The third kappa shape index (κ3) is 7.79. The van der Waals surface area contributed by atoms with Gasteiger partial charge in [-0.15, -0.1) is 0 Å². The number of ether oxygens (including phenoxy) is 4. The molecule has 0 atom stereocenters. The van der Waals surface area contributed by atoms with Gasteiger partial charge in [-0.3, -0.25) is 14.9 Å². The van der Waals surface area contributed by atoms with Gasteiger partial charge in [0, 0.05) is 30.6 Å². The Hall–Kier alpha value is -4.46. The number of nitrogens with two attached hydrogens (primary N) is 1. The monoisotopic (exact) mass is 583 g/mol. The van der Waals surface area contributed by atoms with Crippen molar-refractivity contribution in [1.82, 2.24) is 4.98 Å². The van der Waals surface area contributed by atoms with Gasteiger partial charge in [0.15, 0.2) is 15.0 Å². The van der Waals surface area contributed by atoms with E-state index in [9.17, 15) is 18.0 Å². The summed E-state index contributed by atoms with van der Waals surface area (Å²) in [5.41, 5.74) is 5.84. The minimum atomic E-state index is -3.35. The van der Waals surface area contributed by atoms with Crippen LogP contribution in [-0.2, 0) is 14.6 Å². The highest BCUT2D eigenvalue weighted by molar-refractivity contribution is 7.90. The largest absolute Gasteiger partial charge is 0.491 e. The fourth-order valence-electron chi connectivity index (χ4n) is 3.34. The number of nitrogens with one attached hydrogen (secondary N) is 1. The summed E-state index contributed by atoms with van der Waals surface area (Å²) >= 11 is 1.09. The maximum Gasteiger partial charge on any atom is 0.257 e. The lowest BCUT2D eigenvalue weighted by Gasteiger charge is -2.12. The van der Waals surface area contributed by atoms with Crippen LogP contribution in [-0.4, -0.2) is 51.8 Å². The predicted molar refractivity (Wildman–Crippen MR) is 149 cm³/mol. The molecule has 1 heterocycles. The number of nitrogens with zero attached hydrogens (tertiary/aromatic N) is 1. The van der Waals surface area contributed by atoms with Crippen LogP contribution in [0.15, 0.2) is 77.8 Å². The molecule has 3 aromatic carbocycles. The average molecular weight is 584 g/mol. The van der Waals surface area contributed by atoms with Crippen molar-refractivity contribution < 1.29 is 37.0 Å². The lowest BCUT2D eigenvalue weighted by molar-refractivity contribution is 0.0997. The summed E-state index contributed by atoms with van der Waals surface area (Å²) in [7, 11) is -1.81. The number of anilines is 1. The number of benzene rings is 3. The van der Waals surface area contributed by atoms with Crippen molar-refractivity contribution in [3.63, 3.8) is 0 Å². The van der Waals surface area contributed by atoms with E-state index >= 15 is 0 Å². The van der Waals surface area contributed by atoms with Gasteiger partial charge in [-0.2, -0.15) is 0 Å². The SMILES string of the molecule is COCCOc1cc(Oc2ccc(S(C)(=O)=O)cc2)cc(C(=O)Nc2ncc(Oc3cccc(C(N)=O)c3)s2)c1. The zero-order valence-electron chi connectivity index (χ0n) is 21.4. The Morgan fingerprint density at radius 1 is 0.900 bits per heavy atom. The van der Waals surface area contributed by atoms with Gasteiger partial charge in [-0.05, 0) is 54.6 Å². The molecule has 0 saturated carbocycles. The van der Waals surface area contributed by atoms with Crippen LogP contribution >= 0.6 is 11.3 Å². The Morgan fingerprint density at radius 3 is 2.33 bits per heavy atom. The Kier molecular flexibility index (Phi) is 8.99. The first-order chi connectivity index (χ1) is 19.1. The molecule has 40 heavy (non-hydrogen) atoms. The third-order valence-corrected chi connectivity index (χ3v) is 7.15. The maximum atomic E-state index is 13.1. The summed E-state index contributed by atoms with van der Waals surface area (Å²) in [6.07, 6.45) is 2.56. The van der Waals surface area contributed by atoms with Crippen molar-refractivity contribution in [3.05, 3.63) is 84.1 Å². The van der Waals surface area contributed by atoms with Crippen LogP contribution in [0.25, 0.3) is 0 Å². The van der Waals surface area contributed by atoms with Crippen LogP contribution in [0.4, 0.5) is 5.13 Å². The van der Waals surface area contributed by atoms with Crippen LogP contribution in [0.3, 0.4) is 0 Å². The molecule has 0 spiro atoms. The molecule has 0 fully saturated rings. The summed E-state index contributed by atoms with van der Waals surface area (Å²) in [5.74, 6) is 0.367. The smallest absolute Gasteiger partial charge is 0.257 e. The molecule has 0 aliphatic heterocycles. The van der Waals surface area contributed by atoms with Gasteiger partial charge in [0.25, 0.3) is 5.91 Å². The molecule has 0 saturated heterocycles. The zero-order chi connectivity index (χ0) is 28.7. The highest BCUT2D eigenvalue weighted by atomic mass is 32.2. The summed E-state index contributed by atoms with van der Waals surface area (Å²) in [4.78, 5) is 28.8. The van der Waals surface area contributed by atoms with Crippen LogP contribution in [0.2, 0.25) is 0 Å². The van der Waals surface area contributed by atoms with Crippen LogP contribution < -0.4 is 25.3 Å². The summed E-state index contributed by atoms with van der Waals surface area (Å²) in [6, 6.07) is 17.0. The second-order valence-corrected chi connectivity index (χ2v) is 11.3. The number of carbonyl (C=O) groups excluding carboxylic acids is 2. The molecule has 0 unspecified atom stereocenters. The molecule has 1 aromatic heterocycles. The minimum Gasteiger partial charge on any atom is -0.491 e. The fourth-order valence-corrected chi connectivity index (χ4v) is 4.65. The second kappa shape index (κ2) is 12.6. The quantitative estimate of drug-likeness (QED) is 0.229. The third-order valence-electron chi connectivity index (χ3n) is 5.23. The fraction of sp³-hybridized carbons (Fsp3) is 0.148. The number of thiazole rings is 1. The molecule has 0 aliphatic rings. The van der Waals surface area contributed by atoms with Gasteiger partial charge in [0.05, 0.1) is 17.7 Å². The number of sulfone groups is 1. The van der Waals surface area contributed by atoms with Crippen LogP contribution in [0.1, 0.15) is 20.7 Å². The van der Waals surface area contributed by atoms with Gasteiger partial charge in [-0.1, -0.05) is 17.4 Å². The molecular formula is C27H25N3O8S2. The molecular weight excluding hydrogens is 558 g/mol. The second-order valence-electron chi connectivity index (χ2n) is 8.31. The maximum absolute atomic E-state index is 13.1. The van der Waals surface area contributed by atoms with Crippen LogP contribution in [0.5, 0.6) is 28.1 Å². The molecule has 2 amide bonds. The van der Waals surface area contributed by atoms with Crippen molar-refractivity contribution in [3.8, 4) is 28.1 Å². The number of hydrogen-bond acceptors (Lipinski definition) is 10. The van der Waals surface area contributed by atoms with Crippen molar-refractivity contribution in [2.24, 2.45) is 5.73 Å². The normalized spacial score (nSPS) is 11.1. The standard InChI is InChI=1S/C27H25N3O8S2/c1-35-10-11-36-21-13-18(14-22(15-21)37-19-6-8-23(9-7-19)40(2,33)34)26(32)30-27-29-16-24(39-27)38-20-5-3-4-17(12-20)25(28)31/h3-9,12-16H,10-11H2,1-2H3,(H2,28,31)(H,29,30,32). The molecule has 3 N–H and O–H groups in total. The molecule has 208 valence electrons. The summed E-state index contributed by atoms with van der Waals surface area (Å²) in [6.45, 7) is 0.581. The Labute approximate surface area is 234 Å². The van der Waals surface area contributed by atoms with E-state index in [1.165, 1.54) is 42.6 Å². The van der Waals surface area contributed by atoms with Crippen molar-refractivity contribution in [1.29, 1.82) is 0 Å². The van der Waals surface area contributed by atoms with E-state index in [0.29, 0.717) is 40.2 Å². The predicted octanol–water partition coefficient (Wildman–Crippen LogP) is 4.51. The van der Waals surface area contributed by atoms with Gasteiger partial charge < -0.3 is 24.7 Å². The number of carbonyl (C=O) groups is 2. The number of hydrogen-bond donors (Lipinski definition) is 2. The molecule has 4 aromatic rings. The van der Waals surface area contributed by atoms with Crippen molar-refractivity contribution in [2.75, 3.05) is 31.9 Å².